The molecule has 1 atom stereocenters. The maximum Gasteiger partial charge on any atom is 0.132 e. The van der Waals surface area contributed by atoms with Crippen molar-refractivity contribution in [2.75, 3.05) is 11.4 Å². The topological polar surface area (TPSA) is 41.3 Å². The molecule has 0 amide bonds. The Morgan fingerprint density at radius 2 is 2.11 bits per heavy atom. The van der Waals surface area contributed by atoms with Crippen LogP contribution in [0.25, 0.3) is 0 Å². The van der Waals surface area contributed by atoms with Crippen LogP contribution >= 0.6 is 0 Å². The third kappa shape index (κ3) is 2.39. The van der Waals surface area contributed by atoms with E-state index in [9.17, 15) is 5.11 Å². The zero-order chi connectivity index (χ0) is 13.1. The molecule has 18 heavy (non-hydrogen) atoms. The number of hydrogen-bond donors (Lipinski definition) is 1. The fraction of sp³-hybridized carbons (Fsp3) is 0.786. The van der Waals surface area contributed by atoms with E-state index < -0.39 is 0 Å². The molecule has 102 valence electrons. The smallest absolute Gasteiger partial charge is 0.132 e. The molecular weight excluding hydrogens is 226 g/mol. The van der Waals surface area contributed by atoms with E-state index in [4.69, 9.17) is 0 Å². The van der Waals surface area contributed by atoms with Crippen LogP contribution in [0.4, 0.5) is 5.82 Å². The van der Waals surface area contributed by atoms with Gasteiger partial charge in [-0.1, -0.05) is 19.8 Å². The highest BCUT2D eigenvalue weighted by atomic mass is 16.3. The highest BCUT2D eigenvalue weighted by Crippen LogP contribution is 2.30. The lowest BCUT2D eigenvalue weighted by molar-refractivity contribution is 0.281. The van der Waals surface area contributed by atoms with Gasteiger partial charge in [0.2, 0.25) is 0 Å². The van der Waals surface area contributed by atoms with E-state index in [1.54, 1.807) is 0 Å². The van der Waals surface area contributed by atoms with Crippen molar-refractivity contribution in [3.8, 4) is 0 Å². The summed E-state index contributed by atoms with van der Waals surface area (Å²) in [5.74, 6) is 1.13. The lowest BCUT2D eigenvalue weighted by atomic mass is 10.1. The average Bonchev–Trinajstić information content (AvgIpc) is 2.55. The first-order chi connectivity index (χ1) is 8.69. The second-order valence-electron chi connectivity index (χ2n) is 5.27. The predicted molar refractivity (Wildman–Crippen MR) is 73.8 cm³/mol. The van der Waals surface area contributed by atoms with Crippen LogP contribution in [-0.4, -0.2) is 27.5 Å². The molecule has 0 aliphatic carbocycles. The van der Waals surface area contributed by atoms with Crippen LogP contribution < -0.4 is 4.90 Å². The standard InChI is InChI=1S/C14H25N3O/c1-4-12-8-6-5-7-9-17(12)14-13(10-18)11(2)15-16(14)3/h12,18H,4-10H2,1-3H3. The van der Waals surface area contributed by atoms with Crippen LogP contribution in [0.5, 0.6) is 0 Å². The average molecular weight is 251 g/mol. The molecule has 0 saturated carbocycles. The monoisotopic (exact) mass is 251 g/mol. The molecule has 0 spiro atoms. The molecule has 4 heteroatoms. The number of nitrogens with zero attached hydrogens (tertiary/aromatic N) is 3. The van der Waals surface area contributed by atoms with E-state index in [1.807, 2.05) is 18.7 Å². The van der Waals surface area contributed by atoms with Crippen LogP contribution in [0.15, 0.2) is 0 Å². The number of rotatable bonds is 3. The summed E-state index contributed by atoms with van der Waals surface area (Å²) >= 11 is 0. The van der Waals surface area contributed by atoms with Crippen molar-refractivity contribution in [2.24, 2.45) is 7.05 Å². The Morgan fingerprint density at radius 3 is 2.78 bits per heavy atom. The fourth-order valence-electron chi connectivity index (χ4n) is 3.11. The van der Waals surface area contributed by atoms with Gasteiger partial charge in [0.15, 0.2) is 0 Å². The van der Waals surface area contributed by atoms with E-state index in [2.05, 4.69) is 16.9 Å². The maximum absolute atomic E-state index is 9.59. The van der Waals surface area contributed by atoms with Crippen LogP contribution in [-0.2, 0) is 13.7 Å². The normalized spacial score (nSPS) is 21.1. The zero-order valence-electron chi connectivity index (χ0n) is 11.8. The minimum atomic E-state index is 0.0853. The van der Waals surface area contributed by atoms with E-state index in [0.29, 0.717) is 6.04 Å². The molecular formula is C14H25N3O. The lowest BCUT2D eigenvalue weighted by Gasteiger charge is -2.32. The quantitative estimate of drug-likeness (QED) is 0.896. The Labute approximate surface area is 110 Å². The molecule has 1 aliphatic heterocycles. The van der Waals surface area contributed by atoms with Gasteiger partial charge in [0, 0.05) is 25.2 Å². The zero-order valence-corrected chi connectivity index (χ0v) is 11.8. The summed E-state index contributed by atoms with van der Waals surface area (Å²) < 4.78 is 1.94. The molecule has 1 N–H and O–H groups in total. The van der Waals surface area contributed by atoms with E-state index in [0.717, 1.165) is 30.0 Å². The number of aromatic nitrogens is 2. The van der Waals surface area contributed by atoms with Gasteiger partial charge in [0.25, 0.3) is 0 Å². The minimum Gasteiger partial charge on any atom is -0.391 e. The molecule has 0 bridgehead atoms. The fourth-order valence-corrected chi connectivity index (χ4v) is 3.11. The summed E-state index contributed by atoms with van der Waals surface area (Å²) in [6, 6.07) is 0.590. The van der Waals surface area contributed by atoms with Gasteiger partial charge in [0.1, 0.15) is 5.82 Å². The summed E-state index contributed by atoms with van der Waals surface area (Å²) in [6.45, 7) is 5.41. The van der Waals surface area contributed by atoms with Crippen LogP contribution in [0.1, 0.15) is 50.3 Å². The summed E-state index contributed by atoms with van der Waals surface area (Å²) in [4.78, 5) is 2.47. The molecule has 1 aromatic rings. The third-order valence-corrected chi connectivity index (χ3v) is 4.09. The predicted octanol–water partition coefficient (Wildman–Crippen LogP) is 2.38. The highest BCUT2D eigenvalue weighted by molar-refractivity contribution is 5.50. The van der Waals surface area contributed by atoms with Crippen LogP contribution in [0, 0.1) is 6.92 Å². The van der Waals surface area contributed by atoms with Crippen LogP contribution in [0.2, 0.25) is 0 Å². The Balaban J connectivity index is 2.38. The first-order valence-corrected chi connectivity index (χ1v) is 7.09. The van der Waals surface area contributed by atoms with E-state index in [-0.39, 0.29) is 6.61 Å². The number of aliphatic hydroxyl groups excluding tert-OH is 1. The van der Waals surface area contributed by atoms with Gasteiger partial charge in [-0.15, -0.1) is 0 Å². The van der Waals surface area contributed by atoms with Gasteiger partial charge in [-0.25, -0.2) is 0 Å². The Bertz CT molecular complexity index is 400. The molecule has 1 fully saturated rings. The molecule has 0 radical (unpaired) electrons. The number of anilines is 1. The largest absolute Gasteiger partial charge is 0.391 e. The Hall–Kier alpha value is -1.03. The van der Waals surface area contributed by atoms with Gasteiger partial charge < -0.3 is 10.0 Å². The molecule has 0 aromatic carbocycles. The van der Waals surface area contributed by atoms with Crippen LogP contribution in [0.3, 0.4) is 0 Å². The Kier molecular flexibility index (Phi) is 4.27. The van der Waals surface area contributed by atoms with Crippen molar-refractivity contribution in [2.45, 2.75) is 58.6 Å². The van der Waals surface area contributed by atoms with Gasteiger partial charge >= 0.3 is 0 Å². The first-order valence-electron chi connectivity index (χ1n) is 7.09. The van der Waals surface area contributed by atoms with E-state index >= 15 is 0 Å². The molecule has 4 nitrogen and oxygen atoms in total. The molecule has 1 aliphatic rings. The summed E-state index contributed by atoms with van der Waals surface area (Å²) in [6.07, 6.45) is 6.30. The summed E-state index contributed by atoms with van der Waals surface area (Å²) in [5, 5.41) is 14.1. The molecule has 1 saturated heterocycles. The van der Waals surface area contributed by atoms with Crippen molar-refractivity contribution in [1.82, 2.24) is 9.78 Å². The second kappa shape index (κ2) is 5.74. The van der Waals surface area contributed by atoms with Gasteiger partial charge in [-0.05, 0) is 26.2 Å². The van der Waals surface area contributed by atoms with Crippen molar-refractivity contribution in [3.05, 3.63) is 11.3 Å². The third-order valence-electron chi connectivity index (χ3n) is 4.09. The van der Waals surface area contributed by atoms with Gasteiger partial charge in [-0.3, -0.25) is 4.68 Å². The minimum absolute atomic E-state index is 0.0853. The SMILES string of the molecule is CCC1CCCCCN1c1c(CO)c(C)nn1C. The van der Waals surface area contributed by atoms with Crippen molar-refractivity contribution in [1.29, 1.82) is 0 Å². The van der Waals surface area contributed by atoms with Gasteiger partial charge in [0.05, 0.1) is 12.3 Å². The number of aryl methyl sites for hydroxylation is 2. The molecule has 1 unspecified atom stereocenters. The maximum atomic E-state index is 9.59. The second-order valence-corrected chi connectivity index (χ2v) is 5.27. The highest BCUT2D eigenvalue weighted by Gasteiger charge is 2.25. The number of hydrogen-bond acceptors (Lipinski definition) is 3. The van der Waals surface area contributed by atoms with Gasteiger partial charge in [-0.2, -0.15) is 5.10 Å². The van der Waals surface area contributed by atoms with Crippen molar-refractivity contribution < 1.29 is 5.11 Å². The Morgan fingerprint density at radius 1 is 1.33 bits per heavy atom. The van der Waals surface area contributed by atoms with Crippen molar-refractivity contribution in [3.63, 3.8) is 0 Å². The molecule has 2 heterocycles. The van der Waals surface area contributed by atoms with E-state index in [1.165, 1.54) is 25.7 Å². The first kappa shape index (κ1) is 13.4. The van der Waals surface area contributed by atoms with Crippen molar-refractivity contribution >= 4 is 5.82 Å². The summed E-state index contributed by atoms with van der Waals surface area (Å²) in [5.41, 5.74) is 1.95. The molecule has 1 aromatic heterocycles. The summed E-state index contributed by atoms with van der Waals surface area (Å²) in [7, 11) is 1.99. The number of aliphatic hydroxyl groups is 1. The lowest BCUT2D eigenvalue weighted by Crippen LogP contribution is -2.36. The molecule has 2 rings (SSSR count).